The first kappa shape index (κ1) is 15.9. The molecular weight excluding hydrogens is 260 g/mol. The minimum absolute atomic E-state index is 0.179. The van der Waals surface area contributed by atoms with Crippen LogP contribution in [0.2, 0.25) is 0 Å². The number of nitrogens with zero attached hydrogens (tertiary/aromatic N) is 2. The van der Waals surface area contributed by atoms with E-state index in [4.69, 9.17) is 0 Å². The molecule has 1 aliphatic rings. The van der Waals surface area contributed by atoms with E-state index in [1.54, 1.807) is 0 Å². The predicted molar refractivity (Wildman–Crippen MR) is 87.2 cm³/mol. The molecule has 0 aromatic heterocycles. The lowest BCUT2D eigenvalue weighted by Crippen LogP contribution is -2.49. The molecule has 2 atom stereocenters. The summed E-state index contributed by atoms with van der Waals surface area (Å²) in [6.45, 7) is 11.5. The van der Waals surface area contributed by atoms with Crippen molar-refractivity contribution in [2.24, 2.45) is 5.92 Å². The number of hydrogen-bond donors (Lipinski definition) is 0. The van der Waals surface area contributed by atoms with Crippen LogP contribution in [0.25, 0.3) is 0 Å². The first-order chi connectivity index (χ1) is 9.91. The summed E-state index contributed by atoms with van der Waals surface area (Å²) in [7, 11) is 0. The Kier molecular flexibility index (Phi) is 4.92. The third-order valence-electron chi connectivity index (χ3n) is 4.27. The van der Waals surface area contributed by atoms with Crippen molar-refractivity contribution in [3.8, 4) is 0 Å². The van der Waals surface area contributed by atoms with Gasteiger partial charge in [-0.05, 0) is 45.6 Å². The van der Waals surface area contributed by atoms with E-state index in [1.807, 2.05) is 11.0 Å². The fourth-order valence-electron chi connectivity index (χ4n) is 3.43. The molecule has 1 heterocycles. The molecule has 1 aromatic rings. The van der Waals surface area contributed by atoms with Crippen molar-refractivity contribution < 1.29 is 4.79 Å². The molecule has 2 rings (SSSR count). The average Bonchev–Trinajstić information content (AvgIpc) is 2.81. The van der Waals surface area contributed by atoms with E-state index in [0.29, 0.717) is 5.92 Å². The molecule has 2 unspecified atom stereocenters. The lowest BCUT2D eigenvalue weighted by Gasteiger charge is -2.37. The normalized spacial score (nSPS) is 22.1. The molecule has 116 valence electrons. The Bertz CT molecular complexity index is 461. The Morgan fingerprint density at radius 1 is 1.14 bits per heavy atom. The molecule has 0 bridgehead atoms. The van der Waals surface area contributed by atoms with Gasteiger partial charge in [-0.2, -0.15) is 0 Å². The van der Waals surface area contributed by atoms with Gasteiger partial charge in [0.2, 0.25) is 0 Å². The topological polar surface area (TPSA) is 23.6 Å². The van der Waals surface area contributed by atoms with E-state index < -0.39 is 0 Å². The number of amides is 2. The molecule has 0 N–H and O–H groups in total. The molecular formula is C18H28N2O. The Balaban J connectivity index is 2.25. The average molecular weight is 288 g/mol. The maximum Gasteiger partial charge on any atom is 0.320 e. The summed E-state index contributed by atoms with van der Waals surface area (Å²) in [4.78, 5) is 17.1. The first-order valence-corrected chi connectivity index (χ1v) is 8.05. The van der Waals surface area contributed by atoms with Crippen molar-refractivity contribution in [1.29, 1.82) is 0 Å². The van der Waals surface area contributed by atoms with Crippen molar-refractivity contribution in [3.05, 3.63) is 35.9 Å². The number of hydrogen-bond acceptors (Lipinski definition) is 1. The summed E-state index contributed by atoms with van der Waals surface area (Å²) in [5.74, 6) is 0.556. The number of carbonyl (C=O) groups excluding carboxylic acids is 1. The second kappa shape index (κ2) is 6.50. The summed E-state index contributed by atoms with van der Waals surface area (Å²) in [5, 5.41) is 0. The number of rotatable bonds is 3. The van der Waals surface area contributed by atoms with Gasteiger partial charge in [0.15, 0.2) is 0 Å². The molecule has 0 spiro atoms. The van der Waals surface area contributed by atoms with Gasteiger partial charge >= 0.3 is 6.03 Å². The van der Waals surface area contributed by atoms with Gasteiger partial charge in [0.25, 0.3) is 0 Å². The van der Waals surface area contributed by atoms with Crippen LogP contribution in [0.1, 0.15) is 52.6 Å². The number of likely N-dealkylation sites (tertiary alicyclic amines) is 1. The van der Waals surface area contributed by atoms with Gasteiger partial charge < -0.3 is 9.80 Å². The van der Waals surface area contributed by atoms with E-state index >= 15 is 0 Å². The Hall–Kier alpha value is -1.51. The number of urea groups is 1. The lowest BCUT2D eigenvalue weighted by molar-refractivity contribution is 0.120. The molecule has 2 amide bonds. The van der Waals surface area contributed by atoms with Crippen LogP contribution < -0.4 is 0 Å². The van der Waals surface area contributed by atoms with E-state index in [1.165, 1.54) is 5.56 Å². The van der Waals surface area contributed by atoms with E-state index in [-0.39, 0.29) is 24.2 Å². The SMILES string of the molecule is CC1CC(c2ccccc2)N(C(=O)N(C(C)C)C(C)C)C1. The maximum absolute atomic E-state index is 13.0. The van der Waals surface area contributed by atoms with Crippen LogP contribution in [0.3, 0.4) is 0 Å². The van der Waals surface area contributed by atoms with Gasteiger partial charge in [0.1, 0.15) is 0 Å². The van der Waals surface area contributed by atoms with Crippen molar-refractivity contribution in [1.82, 2.24) is 9.80 Å². The molecule has 21 heavy (non-hydrogen) atoms. The molecule has 0 saturated carbocycles. The third-order valence-corrected chi connectivity index (χ3v) is 4.27. The zero-order valence-corrected chi connectivity index (χ0v) is 13.9. The fraction of sp³-hybridized carbons (Fsp3) is 0.611. The van der Waals surface area contributed by atoms with Crippen LogP contribution in [-0.2, 0) is 0 Å². The largest absolute Gasteiger partial charge is 0.320 e. The molecule has 1 aliphatic heterocycles. The second-order valence-corrected chi connectivity index (χ2v) is 6.80. The van der Waals surface area contributed by atoms with E-state index in [0.717, 1.165) is 13.0 Å². The Morgan fingerprint density at radius 2 is 1.71 bits per heavy atom. The minimum atomic E-state index is 0.179. The van der Waals surface area contributed by atoms with Crippen molar-refractivity contribution in [3.63, 3.8) is 0 Å². The van der Waals surface area contributed by atoms with Gasteiger partial charge in [0.05, 0.1) is 6.04 Å². The highest BCUT2D eigenvalue weighted by molar-refractivity contribution is 5.76. The van der Waals surface area contributed by atoms with E-state index in [2.05, 4.69) is 63.8 Å². The molecule has 1 aromatic carbocycles. The number of benzene rings is 1. The van der Waals surface area contributed by atoms with Crippen molar-refractivity contribution >= 4 is 6.03 Å². The third kappa shape index (κ3) is 3.39. The standard InChI is InChI=1S/C18H28N2O/c1-13(2)20(14(3)4)18(21)19-12-15(5)11-17(19)16-9-7-6-8-10-16/h6-10,13-15,17H,11-12H2,1-5H3. The van der Waals surface area contributed by atoms with Gasteiger partial charge in [0, 0.05) is 18.6 Å². The minimum Gasteiger partial charge on any atom is -0.320 e. The molecule has 0 radical (unpaired) electrons. The van der Waals surface area contributed by atoms with Crippen LogP contribution in [0.15, 0.2) is 30.3 Å². The monoisotopic (exact) mass is 288 g/mol. The second-order valence-electron chi connectivity index (χ2n) is 6.80. The highest BCUT2D eigenvalue weighted by Gasteiger charge is 2.37. The van der Waals surface area contributed by atoms with Crippen LogP contribution in [0.5, 0.6) is 0 Å². The maximum atomic E-state index is 13.0. The molecule has 3 nitrogen and oxygen atoms in total. The van der Waals surface area contributed by atoms with Gasteiger partial charge in [-0.25, -0.2) is 4.79 Å². The molecule has 1 fully saturated rings. The quantitative estimate of drug-likeness (QED) is 0.813. The molecule has 1 saturated heterocycles. The zero-order chi connectivity index (χ0) is 15.6. The van der Waals surface area contributed by atoms with Crippen molar-refractivity contribution in [2.75, 3.05) is 6.54 Å². The van der Waals surface area contributed by atoms with Crippen LogP contribution >= 0.6 is 0 Å². The summed E-state index contributed by atoms with van der Waals surface area (Å²) in [6.07, 6.45) is 1.06. The Labute approximate surface area is 128 Å². The molecule has 0 aliphatic carbocycles. The van der Waals surface area contributed by atoms with Crippen LogP contribution in [0, 0.1) is 5.92 Å². The highest BCUT2D eigenvalue weighted by atomic mass is 16.2. The highest BCUT2D eigenvalue weighted by Crippen LogP contribution is 2.36. The summed E-state index contributed by atoms with van der Waals surface area (Å²) in [5.41, 5.74) is 1.25. The Morgan fingerprint density at radius 3 is 2.24 bits per heavy atom. The summed E-state index contributed by atoms with van der Waals surface area (Å²) in [6, 6.07) is 11.3. The summed E-state index contributed by atoms with van der Waals surface area (Å²) >= 11 is 0. The van der Waals surface area contributed by atoms with Gasteiger partial charge in [-0.15, -0.1) is 0 Å². The summed E-state index contributed by atoms with van der Waals surface area (Å²) < 4.78 is 0. The van der Waals surface area contributed by atoms with E-state index in [9.17, 15) is 4.79 Å². The first-order valence-electron chi connectivity index (χ1n) is 8.05. The smallest absolute Gasteiger partial charge is 0.320 e. The lowest BCUT2D eigenvalue weighted by atomic mass is 10.0. The van der Waals surface area contributed by atoms with Crippen molar-refractivity contribution in [2.45, 2.75) is 59.2 Å². The van der Waals surface area contributed by atoms with Gasteiger partial charge in [-0.1, -0.05) is 37.3 Å². The number of carbonyl (C=O) groups is 1. The molecule has 3 heteroatoms. The van der Waals surface area contributed by atoms with Gasteiger partial charge in [-0.3, -0.25) is 0 Å². The zero-order valence-electron chi connectivity index (χ0n) is 13.9. The predicted octanol–water partition coefficient (Wildman–Crippen LogP) is 4.31. The fourth-order valence-corrected chi connectivity index (χ4v) is 3.43. The van der Waals surface area contributed by atoms with Crippen LogP contribution in [0.4, 0.5) is 4.79 Å². The van der Waals surface area contributed by atoms with Crippen LogP contribution in [-0.4, -0.2) is 34.5 Å².